The summed E-state index contributed by atoms with van der Waals surface area (Å²) in [4.78, 5) is 14.7. The van der Waals surface area contributed by atoms with Crippen molar-refractivity contribution in [3.05, 3.63) is 29.6 Å². The minimum absolute atomic E-state index is 0.461. The third kappa shape index (κ3) is 1.53. The van der Waals surface area contributed by atoms with Crippen LogP contribution in [0.5, 0.6) is 0 Å². The first-order chi connectivity index (χ1) is 6.27. The zero-order valence-corrected chi connectivity index (χ0v) is 7.03. The highest BCUT2D eigenvalue weighted by Crippen LogP contribution is 2.14. The number of carboxylic acids is 1. The van der Waals surface area contributed by atoms with Gasteiger partial charge in [0.1, 0.15) is 6.04 Å². The van der Waals surface area contributed by atoms with E-state index in [1.54, 1.807) is 12.4 Å². The molecule has 0 radical (unpaired) electrons. The van der Waals surface area contributed by atoms with Crippen molar-refractivity contribution in [2.45, 2.75) is 19.0 Å². The Morgan fingerprint density at radius 2 is 2.46 bits per heavy atom. The lowest BCUT2D eigenvalue weighted by Gasteiger charge is -2.22. The van der Waals surface area contributed by atoms with Crippen LogP contribution >= 0.6 is 0 Å². The molecule has 13 heavy (non-hydrogen) atoms. The Morgan fingerprint density at radius 1 is 1.62 bits per heavy atom. The second-order valence-electron chi connectivity index (χ2n) is 3.12. The fraction of sp³-hybridized carbons (Fsp3) is 0.333. The average molecular weight is 178 g/mol. The maximum atomic E-state index is 10.7. The van der Waals surface area contributed by atoms with Crippen LogP contribution in [0.1, 0.15) is 11.1 Å². The first-order valence-corrected chi connectivity index (χ1v) is 4.15. The molecule has 1 aromatic rings. The number of aromatic nitrogens is 1. The summed E-state index contributed by atoms with van der Waals surface area (Å²) in [5.74, 6) is -0.797. The molecule has 1 aliphatic heterocycles. The molecule has 2 rings (SSSR count). The topological polar surface area (TPSA) is 62.2 Å². The van der Waals surface area contributed by atoms with Gasteiger partial charge in [0.25, 0.3) is 0 Å². The van der Waals surface area contributed by atoms with Crippen LogP contribution in [0.15, 0.2) is 18.5 Å². The number of fused-ring (bicyclic) bond motifs is 1. The summed E-state index contributed by atoms with van der Waals surface area (Å²) >= 11 is 0. The van der Waals surface area contributed by atoms with Crippen molar-refractivity contribution in [3.63, 3.8) is 0 Å². The molecule has 1 unspecified atom stereocenters. The number of nitrogens with zero attached hydrogens (tertiary/aromatic N) is 1. The van der Waals surface area contributed by atoms with E-state index in [1.165, 1.54) is 0 Å². The third-order valence-electron chi connectivity index (χ3n) is 2.27. The molecule has 0 aliphatic carbocycles. The van der Waals surface area contributed by atoms with Crippen molar-refractivity contribution in [3.8, 4) is 0 Å². The van der Waals surface area contributed by atoms with Crippen molar-refractivity contribution >= 4 is 5.97 Å². The van der Waals surface area contributed by atoms with Gasteiger partial charge in [0.05, 0.1) is 0 Å². The molecule has 1 atom stereocenters. The molecular weight excluding hydrogens is 168 g/mol. The number of pyridine rings is 1. The Labute approximate surface area is 75.6 Å². The molecule has 2 N–H and O–H groups in total. The minimum atomic E-state index is -0.797. The summed E-state index contributed by atoms with van der Waals surface area (Å²) in [6, 6.07) is 1.46. The number of aliphatic carboxylic acids is 1. The molecule has 1 aromatic heterocycles. The maximum absolute atomic E-state index is 10.7. The quantitative estimate of drug-likeness (QED) is 0.644. The van der Waals surface area contributed by atoms with Gasteiger partial charge in [0.15, 0.2) is 0 Å². The van der Waals surface area contributed by atoms with Crippen LogP contribution in [0.25, 0.3) is 0 Å². The Morgan fingerprint density at radius 3 is 3.23 bits per heavy atom. The molecule has 1 aliphatic rings. The zero-order chi connectivity index (χ0) is 9.26. The SMILES string of the molecule is O=C(O)C1Cc2cnccc2CN1. The van der Waals surface area contributed by atoms with Crippen LogP contribution in [-0.4, -0.2) is 22.1 Å². The Balaban J connectivity index is 2.24. The summed E-state index contributed by atoms with van der Waals surface area (Å²) in [7, 11) is 0. The molecule has 0 fully saturated rings. The lowest BCUT2D eigenvalue weighted by atomic mass is 9.98. The highest BCUT2D eigenvalue weighted by atomic mass is 16.4. The van der Waals surface area contributed by atoms with E-state index in [0.29, 0.717) is 13.0 Å². The number of hydrogen-bond acceptors (Lipinski definition) is 3. The average Bonchev–Trinajstić information content (AvgIpc) is 2.17. The van der Waals surface area contributed by atoms with Crippen molar-refractivity contribution in [1.29, 1.82) is 0 Å². The number of carboxylic acid groups (broad SMARTS) is 1. The van der Waals surface area contributed by atoms with Crippen molar-refractivity contribution in [1.82, 2.24) is 10.3 Å². The van der Waals surface area contributed by atoms with Crippen molar-refractivity contribution in [2.24, 2.45) is 0 Å². The lowest BCUT2D eigenvalue weighted by Crippen LogP contribution is -2.41. The fourth-order valence-electron chi connectivity index (χ4n) is 1.51. The summed E-state index contributed by atoms with van der Waals surface area (Å²) in [6.07, 6.45) is 3.99. The van der Waals surface area contributed by atoms with E-state index in [1.807, 2.05) is 6.07 Å². The fourth-order valence-corrected chi connectivity index (χ4v) is 1.51. The van der Waals surface area contributed by atoms with Crippen molar-refractivity contribution in [2.75, 3.05) is 0 Å². The monoisotopic (exact) mass is 178 g/mol. The lowest BCUT2D eigenvalue weighted by molar-refractivity contribution is -0.139. The van der Waals surface area contributed by atoms with E-state index in [-0.39, 0.29) is 0 Å². The second-order valence-corrected chi connectivity index (χ2v) is 3.12. The Bertz CT molecular complexity index is 338. The van der Waals surface area contributed by atoms with Gasteiger partial charge in [-0.15, -0.1) is 0 Å². The standard InChI is InChI=1S/C9H10N2O2/c12-9(13)8-3-7-4-10-2-1-6(7)5-11-8/h1-2,4,8,11H,3,5H2,(H,12,13). The first kappa shape index (κ1) is 8.19. The van der Waals surface area contributed by atoms with E-state index in [4.69, 9.17) is 5.11 Å². The second kappa shape index (κ2) is 3.14. The van der Waals surface area contributed by atoms with Gasteiger partial charge in [-0.2, -0.15) is 0 Å². The van der Waals surface area contributed by atoms with Gasteiger partial charge < -0.3 is 10.4 Å². The van der Waals surface area contributed by atoms with Gasteiger partial charge >= 0.3 is 5.97 Å². The summed E-state index contributed by atoms with van der Waals surface area (Å²) < 4.78 is 0. The Kier molecular flexibility index (Phi) is 1.98. The number of hydrogen-bond donors (Lipinski definition) is 2. The van der Waals surface area contributed by atoms with Gasteiger partial charge in [-0.25, -0.2) is 0 Å². The molecule has 4 heteroatoms. The number of carbonyl (C=O) groups is 1. The van der Waals surface area contributed by atoms with E-state index in [2.05, 4.69) is 10.3 Å². The normalized spacial score (nSPS) is 20.8. The van der Waals surface area contributed by atoms with E-state index >= 15 is 0 Å². The highest BCUT2D eigenvalue weighted by Gasteiger charge is 2.22. The number of nitrogens with one attached hydrogen (secondary N) is 1. The minimum Gasteiger partial charge on any atom is -0.480 e. The third-order valence-corrected chi connectivity index (χ3v) is 2.27. The van der Waals surface area contributed by atoms with Gasteiger partial charge in [0, 0.05) is 25.4 Å². The molecule has 0 aromatic carbocycles. The molecular formula is C9H10N2O2. The van der Waals surface area contributed by atoms with E-state index < -0.39 is 12.0 Å². The molecule has 4 nitrogen and oxygen atoms in total. The number of rotatable bonds is 1. The van der Waals surface area contributed by atoms with E-state index in [0.717, 1.165) is 11.1 Å². The van der Waals surface area contributed by atoms with Gasteiger partial charge in [-0.3, -0.25) is 9.78 Å². The van der Waals surface area contributed by atoms with Crippen LogP contribution in [0.2, 0.25) is 0 Å². The molecule has 0 bridgehead atoms. The van der Waals surface area contributed by atoms with Crippen LogP contribution in [-0.2, 0) is 17.8 Å². The van der Waals surface area contributed by atoms with Gasteiger partial charge in [-0.05, 0) is 17.2 Å². The van der Waals surface area contributed by atoms with Crippen molar-refractivity contribution < 1.29 is 9.90 Å². The van der Waals surface area contributed by atoms with Crippen LogP contribution in [0.4, 0.5) is 0 Å². The molecule has 0 saturated heterocycles. The van der Waals surface area contributed by atoms with Crippen LogP contribution < -0.4 is 5.32 Å². The zero-order valence-electron chi connectivity index (χ0n) is 7.03. The molecule has 0 saturated carbocycles. The molecule has 68 valence electrons. The van der Waals surface area contributed by atoms with E-state index in [9.17, 15) is 4.79 Å². The predicted octanol–water partition coefficient (Wildman–Crippen LogP) is 0.181. The van der Waals surface area contributed by atoms with Crippen LogP contribution in [0.3, 0.4) is 0 Å². The molecule has 2 heterocycles. The first-order valence-electron chi connectivity index (χ1n) is 4.15. The largest absolute Gasteiger partial charge is 0.480 e. The predicted molar refractivity (Wildman–Crippen MR) is 46.2 cm³/mol. The summed E-state index contributed by atoms with van der Waals surface area (Å²) in [6.45, 7) is 0.620. The molecule has 0 amide bonds. The van der Waals surface area contributed by atoms with Gasteiger partial charge in [-0.1, -0.05) is 0 Å². The summed E-state index contributed by atoms with van der Waals surface area (Å²) in [5.41, 5.74) is 2.18. The van der Waals surface area contributed by atoms with Gasteiger partial charge in [0.2, 0.25) is 0 Å². The maximum Gasteiger partial charge on any atom is 0.321 e. The highest BCUT2D eigenvalue weighted by molar-refractivity contribution is 5.74. The smallest absolute Gasteiger partial charge is 0.321 e. The molecule has 0 spiro atoms. The summed E-state index contributed by atoms with van der Waals surface area (Å²) in [5, 5.41) is 11.7. The Hall–Kier alpha value is -1.42. The van der Waals surface area contributed by atoms with Crippen LogP contribution in [0, 0.1) is 0 Å².